The molecule has 0 saturated heterocycles. The normalized spacial score (nSPS) is 11.2. The summed E-state index contributed by atoms with van der Waals surface area (Å²) in [6, 6.07) is 8.24. The van der Waals surface area contributed by atoms with Crippen molar-refractivity contribution >= 4 is 33.1 Å². The first kappa shape index (κ1) is 15.6. The maximum atomic E-state index is 12.3. The molecule has 21 heavy (non-hydrogen) atoms. The van der Waals surface area contributed by atoms with Gasteiger partial charge in [-0.25, -0.2) is 13.4 Å². The van der Waals surface area contributed by atoms with Crippen molar-refractivity contribution in [1.29, 1.82) is 0 Å². The fourth-order valence-corrected chi connectivity index (χ4v) is 3.09. The van der Waals surface area contributed by atoms with Crippen molar-refractivity contribution in [2.45, 2.75) is 18.7 Å². The summed E-state index contributed by atoms with van der Waals surface area (Å²) in [5.74, 6) is 0.629. The van der Waals surface area contributed by atoms with E-state index >= 15 is 0 Å². The van der Waals surface area contributed by atoms with Gasteiger partial charge >= 0.3 is 0 Å². The van der Waals surface area contributed by atoms with E-state index in [1.54, 1.807) is 24.3 Å². The molecule has 1 aromatic heterocycles. The first-order valence-electron chi connectivity index (χ1n) is 6.41. The van der Waals surface area contributed by atoms with Gasteiger partial charge in [0.1, 0.15) is 10.7 Å². The number of nitrogens with zero attached hydrogens (tertiary/aromatic N) is 1. The molecule has 0 atom stereocenters. The molecule has 112 valence electrons. The van der Waals surface area contributed by atoms with Crippen LogP contribution in [0.2, 0.25) is 5.02 Å². The summed E-state index contributed by atoms with van der Waals surface area (Å²) < 4.78 is 27.0. The minimum absolute atomic E-state index is 0.0841. The molecule has 0 aliphatic rings. The average Bonchev–Trinajstić information content (AvgIpc) is 2.43. The number of hydrogen-bond acceptors (Lipinski definition) is 4. The van der Waals surface area contributed by atoms with Gasteiger partial charge < -0.3 is 5.32 Å². The molecule has 0 saturated carbocycles. The Labute approximate surface area is 129 Å². The van der Waals surface area contributed by atoms with E-state index in [0.717, 1.165) is 12.1 Å². The third-order valence-electron chi connectivity index (χ3n) is 2.77. The predicted molar refractivity (Wildman–Crippen MR) is 85.4 cm³/mol. The van der Waals surface area contributed by atoms with Crippen LogP contribution in [0.4, 0.5) is 11.5 Å². The molecular weight excluding hydrogens is 310 g/mol. The number of sulfonamides is 1. The number of nitrogens with one attached hydrogen (secondary N) is 2. The zero-order chi connectivity index (χ0) is 15.5. The Morgan fingerprint density at radius 2 is 2.00 bits per heavy atom. The van der Waals surface area contributed by atoms with Crippen LogP contribution in [0.1, 0.15) is 12.5 Å². The van der Waals surface area contributed by atoms with Crippen molar-refractivity contribution in [3.05, 3.63) is 47.1 Å². The Morgan fingerprint density at radius 1 is 1.24 bits per heavy atom. The van der Waals surface area contributed by atoms with Crippen LogP contribution in [-0.4, -0.2) is 19.9 Å². The van der Waals surface area contributed by atoms with E-state index in [1.165, 1.54) is 12.3 Å². The SMILES string of the molecule is CCNc1ccc(S(=O)(=O)Nc2ccc(C)cc2Cl)cn1. The molecule has 0 radical (unpaired) electrons. The van der Waals surface area contributed by atoms with Crippen molar-refractivity contribution < 1.29 is 8.42 Å². The summed E-state index contributed by atoms with van der Waals surface area (Å²) >= 11 is 6.04. The molecule has 2 rings (SSSR count). The molecule has 0 unspecified atom stereocenters. The second kappa shape index (κ2) is 6.32. The minimum Gasteiger partial charge on any atom is -0.370 e. The monoisotopic (exact) mass is 325 g/mol. The number of rotatable bonds is 5. The van der Waals surface area contributed by atoms with Crippen LogP contribution in [0.15, 0.2) is 41.4 Å². The van der Waals surface area contributed by atoms with Crippen molar-refractivity contribution in [3.63, 3.8) is 0 Å². The van der Waals surface area contributed by atoms with Crippen LogP contribution in [0.25, 0.3) is 0 Å². The molecule has 5 nitrogen and oxygen atoms in total. The van der Waals surface area contributed by atoms with Crippen LogP contribution in [0.5, 0.6) is 0 Å². The van der Waals surface area contributed by atoms with Gasteiger partial charge in [-0.2, -0.15) is 0 Å². The molecule has 7 heteroatoms. The molecule has 2 N–H and O–H groups in total. The number of benzene rings is 1. The third-order valence-corrected chi connectivity index (χ3v) is 4.44. The third kappa shape index (κ3) is 3.86. The Balaban J connectivity index is 2.25. The quantitative estimate of drug-likeness (QED) is 0.885. The van der Waals surface area contributed by atoms with Crippen molar-refractivity contribution in [2.75, 3.05) is 16.6 Å². The van der Waals surface area contributed by atoms with Crippen LogP contribution in [0, 0.1) is 6.92 Å². The van der Waals surface area contributed by atoms with E-state index in [-0.39, 0.29) is 4.90 Å². The molecule has 0 spiro atoms. The highest BCUT2D eigenvalue weighted by Gasteiger charge is 2.16. The second-order valence-electron chi connectivity index (χ2n) is 4.50. The highest BCUT2D eigenvalue weighted by atomic mass is 35.5. The van der Waals surface area contributed by atoms with Crippen LogP contribution in [-0.2, 0) is 10.0 Å². The lowest BCUT2D eigenvalue weighted by molar-refractivity contribution is 0.601. The van der Waals surface area contributed by atoms with Crippen LogP contribution < -0.4 is 10.0 Å². The predicted octanol–water partition coefficient (Wildman–Crippen LogP) is 3.28. The van der Waals surface area contributed by atoms with E-state index in [4.69, 9.17) is 11.6 Å². The second-order valence-corrected chi connectivity index (χ2v) is 6.59. The van der Waals surface area contributed by atoms with Crippen LogP contribution >= 0.6 is 11.6 Å². The number of anilines is 2. The van der Waals surface area contributed by atoms with Gasteiger partial charge in [0.15, 0.2) is 0 Å². The summed E-state index contributed by atoms with van der Waals surface area (Å²) in [6.45, 7) is 4.54. The Kier molecular flexibility index (Phi) is 4.69. The molecular formula is C14H16ClN3O2S. The summed E-state index contributed by atoms with van der Waals surface area (Å²) in [5.41, 5.74) is 1.30. The standard InChI is InChI=1S/C14H16ClN3O2S/c1-3-16-14-7-5-11(9-17-14)21(19,20)18-13-6-4-10(2)8-12(13)15/h4-9,18H,3H2,1-2H3,(H,16,17). The van der Waals surface area contributed by atoms with Gasteiger partial charge in [-0.3, -0.25) is 4.72 Å². The zero-order valence-corrected chi connectivity index (χ0v) is 13.3. The number of halogens is 1. The Bertz CT molecular complexity index is 730. The Hall–Kier alpha value is -1.79. The van der Waals surface area contributed by atoms with Gasteiger partial charge in [0.25, 0.3) is 10.0 Å². The highest BCUT2D eigenvalue weighted by Crippen LogP contribution is 2.25. The topological polar surface area (TPSA) is 71.1 Å². The molecule has 0 fully saturated rings. The van der Waals surface area contributed by atoms with Gasteiger partial charge in [0.05, 0.1) is 10.7 Å². The number of aromatic nitrogens is 1. The van der Waals surface area contributed by atoms with E-state index < -0.39 is 10.0 Å². The lowest BCUT2D eigenvalue weighted by Crippen LogP contribution is -2.14. The van der Waals surface area contributed by atoms with E-state index in [9.17, 15) is 8.42 Å². The summed E-state index contributed by atoms with van der Waals surface area (Å²) in [5, 5.41) is 3.36. The molecule has 1 aromatic carbocycles. The molecule has 0 aliphatic heterocycles. The minimum atomic E-state index is -3.71. The largest absolute Gasteiger partial charge is 0.370 e. The van der Waals surface area contributed by atoms with Gasteiger partial charge in [-0.1, -0.05) is 17.7 Å². The summed E-state index contributed by atoms with van der Waals surface area (Å²) in [7, 11) is -3.71. The van der Waals surface area contributed by atoms with E-state index in [1.807, 2.05) is 13.8 Å². The first-order valence-corrected chi connectivity index (χ1v) is 8.27. The van der Waals surface area contributed by atoms with Gasteiger partial charge in [-0.15, -0.1) is 0 Å². The maximum Gasteiger partial charge on any atom is 0.263 e. The van der Waals surface area contributed by atoms with Crippen molar-refractivity contribution in [2.24, 2.45) is 0 Å². The molecule has 1 heterocycles. The highest BCUT2D eigenvalue weighted by molar-refractivity contribution is 7.92. The molecule has 0 amide bonds. The lowest BCUT2D eigenvalue weighted by atomic mass is 10.2. The van der Waals surface area contributed by atoms with Crippen molar-refractivity contribution in [3.8, 4) is 0 Å². The number of aryl methyl sites for hydroxylation is 1. The zero-order valence-electron chi connectivity index (χ0n) is 11.7. The Morgan fingerprint density at radius 3 is 2.57 bits per heavy atom. The fourth-order valence-electron chi connectivity index (χ4n) is 1.73. The smallest absolute Gasteiger partial charge is 0.263 e. The first-order chi connectivity index (χ1) is 9.92. The molecule has 0 bridgehead atoms. The van der Waals surface area contributed by atoms with Gasteiger partial charge in [0.2, 0.25) is 0 Å². The maximum absolute atomic E-state index is 12.3. The molecule has 0 aliphatic carbocycles. The molecule has 2 aromatic rings. The lowest BCUT2D eigenvalue weighted by Gasteiger charge is -2.10. The van der Waals surface area contributed by atoms with E-state index in [0.29, 0.717) is 16.5 Å². The number of pyridine rings is 1. The fraction of sp³-hybridized carbons (Fsp3) is 0.214. The van der Waals surface area contributed by atoms with Crippen LogP contribution in [0.3, 0.4) is 0 Å². The van der Waals surface area contributed by atoms with E-state index in [2.05, 4.69) is 15.0 Å². The van der Waals surface area contributed by atoms with Gasteiger partial charge in [0, 0.05) is 12.7 Å². The summed E-state index contributed by atoms with van der Waals surface area (Å²) in [4.78, 5) is 4.13. The van der Waals surface area contributed by atoms with Gasteiger partial charge in [-0.05, 0) is 43.7 Å². The van der Waals surface area contributed by atoms with Crippen molar-refractivity contribution in [1.82, 2.24) is 4.98 Å². The summed E-state index contributed by atoms with van der Waals surface area (Å²) in [6.07, 6.45) is 1.31. The number of hydrogen-bond donors (Lipinski definition) is 2. The average molecular weight is 326 g/mol.